The van der Waals surface area contributed by atoms with Crippen molar-refractivity contribution in [2.75, 3.05) is 0 Å². The fourth-order valence-electron chi connectivity index (χ4n) is 2.44. The van der Waals surface area contributed by atoms with Crippen LogP contribution in [0.1, 0.15) is 38.5 Å². The standard InChI is InChI=1S/C10H16O3/c11-8-4-2-5-9-7(8)3-1-6-10(12)13-9/h7-9,11H,1-6H2/t7-,8+,9-/m1/s1. The number of aliphatic hydroxyl groups excluding tert-OH is 1. The van der Waals surface area contributed by atoms with Crippen molar-refractivity contribution < 1.29 is 14.6 Å². The average Bonchev–Trinajstić information content (AvgIpc) is 2.27. The van der Waals surface area contributed by atoms with Crippen molar-refractivity contribution >= 4 is 5.97 Å². The highest BCUT2D eigenvalue weighted by atomic mass is 16.5. The summed E-state index contributed by atoms with van der Waals surface area (Å²) in [5, 5.41) is 9.72. The van der Waals surface area contributed by atoms with Gasteiger partial charge in [-0.25, -0.2) is 0 Å². The lowest BCUT2D eigenvalue weighted by Gasteiger charge is -2.33. The van der Waals surface area contributed by atoms with Crippen LogP contribution < -0.4 is 0 Å². The van der Waals surface area contributed by atoms with Crippen LogP contribution in [0.5, 0.6) is 0 Å². The molecule has 0 radical (unpaired) electrons. The maximum absolute atomic E-state index is 11.1. The Bertz CT molecular complexity index is 202. The zero-order valence-corrected chi connectivity index (χ0v) is 7.74. The van der Waals surface area contributed by atoms with Crippen molar-refractivity contribution in [3.63, 3.8) is 0 Å². The quantitative estimate of drug-likeness (QED) is 0.576. The van der Waals surface area contributed by atoms with Crippen LogP contribution >= 0.6 is 0 Å². The Hall–Kier alpha value is -0.570. The van der Waals surface area contributed by atoms with E-state index in [0.717, 1.165) is 32.1 Å². The van der Waals surface area contributed by atoms with E-state index < -0.39 is 0 Å². The van der Waals surface area contributed by atoms with E-state index in [2.05, 4.69) is 0 Å². The molecular formula is C10H16O3. The minimum Gasteiger partial charge on any atom is -0.462 e. The lowest BCUT2D eigenvalue weighted by atomic mass is 9.81. The molecule has 1 aliphatic heterocycles. The molecular weight excluding hydrogens is 168 g/mol. The van der Waals surface area contributed by atoms with E-state index in [1.165, 1.54) is 0 Å². The zero-order valence-electron chi connectivity index (χ0n) is 7.74. The van der Waals surface area contributed by atoms with Crippen molar-refractivity contribution in [3.05, 3.63) is 0 Å². The van der Waals surface area contributed by atoms with Gasteiger partial charge < -0.3 is 9.84 Å². The Kier molecular flexibility index (Phi) is 2.54. The number of aliphatic hydroxyl groups is 1. The van der Waals surface area contributed by atoms with Gasteiger partial charge in [-0.2, -0.15) is 0 Å². The summed E-state index contributed by atoms with van der Waals surface area (Å²) in [7, 11) is 0. The van der Waals surface area contributed by atoms with Gasteiger partial charge in [0.1, 0.15) is 6.10 Å². The highest BCUT2D eigenvalue weighted by molar-refractivity contribution is 5.69. The van der Waals surface area contributed by atoms with Gasteiger partial charge in [0, 0.05) is 12.3 Å². The number of carbonyl (C=O) groups is 1. The molecule has 2 aliphatic rings. The molecule has 0 bridgehead atoms. The van der Waals surface area contributed by atoms with Gasteiger partial charge in [0.25, 0.3) is 0 Å². The number of rotatable bonds is 0. The van der Waals surface area contributed by atoms with E-state index in [1.807, 2.05) is 0 Å². The zero-order chi connectivity index (χ0) is 9.26. The number of hydrogen-bond acceptors (Lipinski definition) is 3. The summed E-state index contributed by atoms with van der Waals surface area (Å²) < 4.78 is 5.29. The third kappa shape index (κ3) is 1.85. The first-order valence-corrected chi connectivity index (χ1v) is 5.15. The Balaban J connectivity index is 2.06. The minimum absolute atomic E-state index is 0.00116. The molecule has 2 fully saturated rings. The van der Waals surface area contributed by atoms with Crippen LogP contribution in [0.25, 0.3) is 0 Å². The van der Waals surface area contributed by atoms with Gasteiger partial charge in [-0.05, 0) is 32.1 Å². The van der Waals surface area contributed by atoms with E-state index in [4.69, 9.17) is 4.74 Å². The molecule has 3 nitrogen and oxygen atoms in total. The van der Waals surface area contributed by atoms with Crippen molar-refractivity contribution in [3.8, 4) is 0 Å². The van der Waals surface area contributed by atoms with Crippen LogP contribution in [0.2, 0.25) is 0 Å². The molecule has 0 spiro atoms. The Morgan fingerprint density at radius 2 is 2.08 bits per heavy atom. The van der Waals surface area contributed by atoms with Crippen LogP contribution in [-0.4, -0.2) is 23.3 Å². The highest BCUT2D eigenvalue weighted by Crippen LogP contribution is 2.33. The smallest absolute Gasteiger partial charge is 0.306 e. The average molecular weight is 184 g/mol. The van der Waals surface area contributed by atoms with Crippen LogP contribution in [-0.2, 0) is 9.53 Å². The van der Waals surface area contributed by atoms with Gasteiger partial charge >= 0.3 is 5.97 Å². The molecule has 74 valence electrons. The monoisotopic (exact) mass is 184 g/mol. The second kappa shape index (κ2) is 3.66. The maximum Gasteiger partial charge on any atom is 0.306 e. The highest BCUT2D eigenvalue weighted by Gasteiger charge is 2.36. The first-order chi connectivity index (χ1) is 6.27. The van der Waals surface area contributed by atoms with Crippen molar-refractivity contribution in [1.82, 2.24) is 0 Å². The van der Waals surface area contributed by atoms with E-state index in [9.17, 15) is 9.90 Å². The first-order valence-electron chi connectivity index (χ1n) is 5.15. The van der Waals surface area contributed by atoms with E-state index in [0.29, 0.717) is 6.42 Å². The Morgan fingerprint density at radius 3 is 2.92 bits per heavy atom. The topological polar surface area (TPSA) is 46.5 Å². The van der Waals surface area contributed by atoms with Crippen molar-refractivity contribution in [2.24, 2.45) is 5.92 Å². The maximum atomic E-state index is 11.1. The van der Waals surface area contributed by atoms with E-state index in [-0.39, 0.29) is 24.1 Å². The summed E-state index contributed by atoms with van der Waals surface area (Å²) >= 11 is 0. The van der Waals surface area contributed by atoms with Crippen LogP contribution in [0.3, 0.4) is 0 Å². The minimum atomic E-state index is -0.246. The molecule has 0 amide bonds. The number of ether oxygens (including phenoxy) is 1. The predicted molar refractivity (Wildman–Crippen MR) is 47.1 cm³/mol. The second-order valence-corrected chi connectivity index (χ2v) is 4.08. The summed E-state index contributed by atoms with van der Waals surface area (Å²) in [6.45, 7) is 0. The molecule has 3 heteroatoms. The molecule has 0 unspecified atom stereocenters. The largest absolute Gasteiger partial charge is 0.462 e. The summed E-state index contributed by atoms with van der Waals surface area (Å²) in [6, 6.07) is 0. The van der Waals surface area contributed by atoms with E-state index in [1.54, 1.807) is 0 Å². The van der Waals surface area contributed by atoms with Crippen LogP contribution in [0.15, 0.2) is 0 Å². The van der Waals surface area contributed by atoms with Gasteiger partial charge in [-0.3, -0.25) is 4.79 Å². The van der Waals surface area contributed by atoms with Gasteiger partial charge in [0.05, 0.1) is 6.10 Å². The number of fused-ring (bicyclic) bond motifs is 1. The molecule has 0 aromatic rings. The number of esters is 1. The van der Waals surface area contributed by atoms with Crippen molar-refractivity contribution in [2.45, 2.75) is 50.7 Å². The summed E-state index contributed by atoms with van der Waals surface area (Å²) in [5.74, 6) is 0.127. The molecule has 1 aliphatic carbocycles. The molecule has 2 rings (SSSR count). The summed E-state index contributed by atoms with van der Waals surface area (Å²) in [6.07, 6.45) is 4.89. The van der Waals surface area contributed by atoms with Gasteiger partial charge in [-0.1, -0.05) is 0 Å². The third-order valence-corrected chi connectivity index (χ3v) is 3.16. The molecule has 3 atom stereocenters. The fourth-order valence-corrected chi connectivity index (χ4v) is 2.44. The van der Waals surface area contributed by atoms with Crippen LogP contribution in [0, 0.1) is 5.92 Å². The third-order valence-electron chi connectivity index (χ3n) is 3.16. The molecule has 1 saturated heterocycles. The van der Waals surface area contributed by atoms with E-state index >= 15 is 0 Å². The van der Waals surface area contributed by atoms with Crippen molar-refractivity contribution in [1.29, 1.82) is 0 Å². The molecule has 1 heterocycles. The summed E-state index contributed by atoms with van der Waals surface area (Å²) in [4.78, 5) is 11.1. The van der Waals surface area contributed by atoms with Gasteiger partial charge in [-0.15, -0.1) is 0 Å². The second-order valence-electron chi connectivity index (χ2n) is 4.08. The molecule has 1 N–H and O–H groups in total. The number of hydrogen-bond donors (Lipinski definition) is 1. The van der Waals surface area contributed by atoms with Crippen LogP contribution in [0.4, 0.5) is 0 Å². The normalized spacial score (nSPS) is 40.4. The van der Waals surface area contributed by atoms with Gasteiger partial charge in [0.2, 0.25) is 0 Å². The Labute approximate surface area is 78.1 Å². The molecule has 0 aromatic heterocycles. The molecule has 1 saturated carbocycles. The number of carbonyl (C=O) groups excluding carboxylic acids is 1. The lowest BCUT2D eigenvalue weighted by Crippen LogP contribution is -2.37. The predicted octanol–water partition coefficient (Wildman–Crippen LogP) is 1.24. The molecule has 13 heavy (non-hydrogen) atoms. The van der Waals surface area contributed by atoms with Gasteiger partial charge in [0.15, 0.2) is 0 Å². The fraction of sp³-hybridized carbons (Fsp3) is 0.900. The first kappa shape index (κ1) is 9.00. The summed E-state index contributed by atoms with van der Waals surface area (Å²) in [5.41, 5.74) is 0. The molecule has 0 aromatic carbocycles. The Morgan fingerprint density at radius 1 is 1.23 bits per heavy atom. The lowest BCUT2D eigenvalue weighted by molar-refractivity contribution is -0.154. The SMILES string of the molecule is O=C1CCC[C@@H]2[C@@H](O)CCC[C@H]2O1.